The van der Waals surface area contributed by atoms with Gasteiger partial charge in [-0.3, -0.25) is 4.98 Å². The molecule has 3 nitrogen and oxygen atoms in total. The summed E-state index contributed by atoms with van der Waals surface area (Å²) in [6.45, 7) is 1.72. The highest BCUT2D eigenvalue weighted by Gasteiger charge is 2.08. The van der Waals surface area contributed by atoms with Gasteiger partial charge in [-0.05, 0) is 13.0 Å². The predicted octanol–water partition coefficient (Wildman–Crippen LogP) is 1.45. The van der Waals surface area contributed by atoms with Crippen LogP contribution in [-0.2, 0) is 9.84 Å². The second-order valence-electron chi connectivity index (χ2n) is 2.51. The van der Waals surface area contributed by atoms with Gasteiger partial charge in [0, 0.05) is 12.5 Å². The van der Waals surface area contributed by atoms with E-state index >= 15 is 0 Å². The molecule has 5 heteroatoms. The molecule has 1 heterocycles. The molecule has 0 radical (unpaired) electrons. The van der Waals surface area contributed by atoms with Crippen molar-refractivity contribution in [3.63, 3.8) is 0 Å². The van der Waals surface area contributed by atoms with E-state index in [2.05, 4.69) is 4.98 Å². The minimum atomic E-state index is -3.19. The zero-order chi connectivity index (χ0) is 9.35. The molecule has 0 aliphatic rings. The summed E-state index contributed by atoms with van der Waals surface area (Å²) in [5, 5.41) is 0.373. The average molecular weight is 206 g/mol. The Morgan fingerprint density at radius 1 is 1.50 bits per heavy atom. The zero-order valence-corrected chi connectivity index (χ0v) is 8.28. The molecule has 66 valence electrons. The summed E-state index contributed by atoms with van der Waals surface area (Å²) in [4.78, 5) is 3.99. The fourth-order valence-corrected chi connectivity index (χ4v) is 1.50. The molecule has 0 bridgehead atoms. The maximum atomic E-state index is 11.0. The minimum Gasteiger partial charge on any atom is -0.259 e. The number of halogens is 1. The van der Waals surface area contributed by atoms with Crippen molar-refractivity contribution in [3.8, 4) is 0 Å². The van der Waals surface area contributed by atoms with Gasteiger partial charge in [0.25, 0.3) is 0 Å². The van der Waals surface area contributed by atoms with Crippen LogP contribution < -0.4 is 0 Å². The van der Waals surface area contributed by atoms with Gasteiger partial charge in [-0.15, -0.1) is 0 Å². The first-order valence-corrected chi connectivity index (χ1v) is 5.50. The molecule has 0 aromatic carbocycles. The Bertz CT molecular complexity index is 400. The summed E-state index contributed by atoms with van der Waals surface area (Å²) in [6, 6.07) is 1.40. The Kier molecular flexibility index (Phi) is 2.39. The molecule has 1 aromatic heterocycles. The van der Waals surface area contributed by atoms with Crippen LogP contribution in [0.15, 0.2) is 17.2 Å². The van der Waals surface area contributed by atoms with E-state index in [1.54, 1.807) is 6.92 Å². The highest BCUT2D eigenvalue weighted by atomic mass is 35.5. The predicted molar refractivity (Wildman–Crippen MR) is 47.1 cm³/mol. The van der Waals surface area contributed by atoms with E-state index in [1.807, 2.05) is 0 Å². The number of aryl methyl sites for hydroxylation is 1. The van der Waals surface area contributed by atoms with Gasteiger partial charge in [-0.2, -0.15) is 0 Å². The molecule has 0 fully saturated rings. The quantitative estimate of drug-likeness (QED) is 0.697. The van der Waals surface area contributed by atoms with Gasteiger partial charge < -0.3 is 0 Å². The highest BCUT2D eigenvalue weighted by molar-refractivity contribution is 7.90. The van der Waals surface area contributed by atoms with Crippen molar-refractivity contribution in [2.45, 2.75) is 11.8 Å². The van der Waals surface area contributed by atoms with E-state index in [1.165, 1.54) is 12.3 Å². The lowest BCUT2D eigenvalue weighted by Crippen LogP contribution is -1.98. The largest absolute Gasteiger partial charge is 0.259 e. The Balaban J connectivity index is 3.33. The fourth-order valence-electron chi connectivity index (χ4n) is 0.691. The van der Waals surface area contributed by atoms with Crippen LogP contribution >= 0.6 is 11.6 Å². The second kappa shape index (κ2) is 3.03. The third-order valence-corrected chi connectivity index (χ3v) is 2.89. The highest BCUT2D eigenvalue weighted by Crippen LogP contribution is 2.16. The van der Waals surface area contributed by atoms with Crippen LogP contribution in [0, 0.1) is 6.92 Å². The van der Waals surface area contributed by atoms with Crippen LogP contribution in [0.1, 0.15) is 5.69 Å². The number of aromatic nitrogens is 1. The van der Waals surface area contributed by atoms with Crippen molar-refractivity contribution in [2.24, 2.45) is 0 Å². The van der Waals surface area contributed by atoms with Crippen LogP contribution in [-0.4, -0.2) is 19.7 Å². The van der Waals surface area contributed by atoms with Crippen LogP contribution in [0.5, 0.6) is 0 Å². The number of rotatable bonds is 1. The van der Waals surface area contributed by atoms with E-state index in [0.717, 1.165) is 6.26 Å². The van der Waals surface area contributed by atoms with Crippen molar-refractivity contribution in [1.82, 2.24) is 4.98 Å². The van der Waals surface area contributed by atoms with Crippen molar-refractivity contribution >= 4 is 21.4 Å². The molecular weight excluding hydrogens is 198 g/mol. The third kappa shape index (κ3) is 1.95. The van der Waals surface area contributed by atoms with Gasteiger partial charge in [-0.1, -0.05) is 11.6 Å². The van der Waals surface area contributed by atoms with E-state index in [4.69, 9.17) is 11.6 Å². The Morgan fingerprint density at radius 2 is 2.08 bits per heavy atom. The lowest BCUT2D eigenvalue weighted by molar-refractivity contribution is 0.601. The number of pyridine rings is 1. The van der Waals surface area contributed by atoms with Gasteiger partial charge in [0.1, 0.15) is 0 Å². The Hall–Kier alpha value is -0.610. The molecule has 0 amide bonds. The molecule has 0 atom stereocenters. The van der Waals surface area contributed by atoms with E-state index in [9.17, 15) is 8.42 Å². The van der Waals surface area contributed by atoms with Gasteiger partial charge in [0.05, 0.1) is 15.6 Å². The molecule has 0 N–H and O–H groups in total. The summed E-state index contributed by atoms with van der Waals surface area (Å²) in [5.41, 5.74) is 0.629. The van der Waals surface area contributed by atoms with E-state index in [-0.39, 0.29) is 4.90 Å². The number of sulfone groups is 1. The average Bonchev–Trinajstić information content (AvgIpc) is 1.92. The maximum Gasteiger partial charge on any atom is 0.177 e. The molecule has 0 unspecified atom stereocenters. The summed E-state index contributed by atoms with van der Waals surface area (Å²) < 4.78 is 22.0. The number of hydrogen-bond acceptors (Lipinski definition) is 3. The van der Waals surface area contributed by atoms with Crippen molar-refractivity contribution in [1.29, 1.82) is 0 Å². The van der Waals surface area contributed by atoms with Crippen LogP contribution in [0.25, 0.3) is 0 Å². The zero-order valence-electron chi connectivity index (χ0n) is 6.70. The van der Waals surface area contributed by atoms with Crippen LogP contribution in [0.2, 0.25) is 5.02 Å². The summed E-state index contributed by atoms with van der Waals surface area (Å²) >= 11 is 5.69. The molecule has 1 rings (SSSR count). The maximum absolute atomic E-state index is 11.0. The van der Waals surface area contributed by atoms with Gasteiger partial charge >= 0.3 is 0 Å². The summed E-state index contributed by atoms with van der Waals surface area (Å²) in [7, 11) is -3.19. The van der Waals surface area contributed by atoms with Gasteiger partial charge in [0.15, 0.2) is 9.84 Å². The monoisotopic (exact) mass is 205 g/mol. The number of hydrogen-bond donors (Lipinski definition) is 0. The lowest BCUT2D eigenvalue weighted by Gasteiger charge is -1.99. The molecule has 0 saturated carbocycles. The molecule has 0 aliphatic carbocycles. The lowest BCUT2D eigenvalue weighted by atomic mass is 10.4. The van der Waals surface area contributed by atoms with Crippen molar-refractivity contribution < 1.29 is 8.42 Å². The smallest absolute Gasteiger partial charge is 0.177 e. The number of nitrogens with zero attached hydrogens (tertiary/aromatic N) is 1. The Labute approximate surface area is 76.3 Å². The first-order valence-electron chi connectivity index (χ1n) is 3.23. The third-order valence-electron chi connectivity index (χ3n) is 1.43. The molecule has 0 spiro atoms. The molecule has 0 saturated heterocycles. The van der Waals surface area contributed by atoms with E-state index < -0.39 is 9.84 Å². The fraction of sp³-hybridized carbons (Fsp3) is 0.286. The first-order chi connectivity index (χ1) is 5.41. The van der Waals surface area contributed by atoms with Gasteiger partial charge in [0.2, 0.25) is 0 Å². The van der Waals surface area contributed by atoms with Crippen LogP contribution in [0.4, 0.5) is 0 Å². The normalized spacial score (nSPS) is 11.6. The summed E-state index contributed by atoms with van der Waals surface area (Å²) in [6.07, 6.45) is 2.42. The molecule has 0 aliphatic heterocycles. The SMILES string of the molecule is Cc1ncc(S(C)(=O)=O)cc1Cl. The van der Waals surface area contributed by atoms with Crippen molar-refractivity contribution in [2.75, 3.05) is 6.26 Å². The Morgan fingerprint density at radius 3 is 2.50 bits per heavy atom. The van der Waals surface area contributed by atoms with Crippen molar-refractivity contribution in [3.05, 3.63) is 23.0 Å². The van der Waals surface area contributed by atoms with Gasteiger partial charge in [-0.25, -0.2) is 8.42 Å². The first kappa shape index (κ1) is 9.48. The molecule has 12 heavy (non-hydrogen) atoms. The molecular formula is C7H8ClNO2S. The summed E-state index contributed by atoms with van der Waals surface area (Å²) in [5.74, 6) is 0. The minimum absolute atomic E-state index is 0.151. The molecule has 1 aromatic rings. The van der Waals surface area contributed by atoms with Crippen LogP contribution in [0.3, 0.4) is 0 Å². The standard InChI is InChI=1S/C7H8ClNO2S/c1-5-7(8)3-6(4-9-5)12(2,10)11/h3-4H,1-2H3. The van der Waals surface area contributed by atoms with E-state index in [0.29, 0.717) is 10.7 Å². The topological polar surface area (TPSA) is 47.0 Å². The second-order valence-corrected chi connectivity index (χ2v) is 4.93.